The first-order valence-electron chi connectivity index (χ1n) is 8.04. The van der Waals surface area contributed by atoms with Gasteiger partial charge >= 0.3 is 0 Å². The number of fused-ring (bicyclic) bond motifs is 1. The summed E-state index contributed by atoms with van der Waals surface area (Å²) in [6.07, 6.45) is 0. The summed E-state index contributed by atoms with van der Waals surface area (Å²) in [4.78, 5) is 12.6. The van der Waals surface area contributed by atoms with Crippen molar-refractivity contribution < 1.29 is 9.21 Å². The maximum absolute atomic E-state index is 12.6. The number of hydrogen-bond acceptors (Lipinski definition) is 4. The summed E-state index contributed by atoms with van der Waals surface area (Å²) in [6.45, 7) is 1.88. The fourth-order valence-electron chi connectivity index (χ4n) is 2.84. The molecule has 1 N–H and O–H groups in total. The summed E-state index contributed by atoms with van der Waals surface area (Å²) >= 11 is 3.38. The van der Waals surface area contributed by atoms with E-state index in [1.807, 2.05) is 59.2 Å². The summed E-state index contributed by atoms with van der Waals surface area (Å²) in [6, 6.07) is 17.3. The number of aryl methyl sites for hydroxylation is 1. The third kappa shape index (κ3) is 3.25. The van der Waals surface area contributed by atoms with Crippen molar-refractivity contribution >= 4 is 38.4 Å². The number of nitrogens with zero attached hydrogens (tertiary/aromatic N) is 3. The van der Waals surface area contributed by atoms with Crippen LogP contribution < -0.4 is 5.32 Å². The van der Waals surface area contributed by atoms with Gasteiger partial charge in [0.1, 0.15) is 12.2 Å². The Morgan fingerprint density at radius 1 is 1.15 bits per heavy atom. The van der Waals surface area contributed by atoms with Crippen LogP contribution in [-0.4, -0.2) is 20.7 Å². The van der Waals surface area contributed by atoms with E-state index in [4.69, 9.17) is 4.42 Å². The van der Waals surface area contributed by atoms with Gasteiger partial charge in [-0.3, -0.25) is 4.79 Å². The summed E-state index contributed by atoms with van der Waals surface area (Å²) in [5.74, 6) is 0.748. The number of rotatable bonds is 4. The minimum absolute atomic E-state index is 0.133. The Morgan fingerprint density at radius 3 is 2.65 bits per heavy atom. The van der Waals surface area contributed by atoms with Gasteiger partial charge in [0.05, 0.1) is 0 Å². The number of hydrogen-bond donors (Lipinski definition) is 1. The number of nitrogens with one attached hydrogen (secondary N) is 1. The van der Waals surface area contributed by atoms with E-state index in [1.165, 1.54) is 0 Å². The van der Waals surface area contributed by atoms with Gasteiger partial charge in [0.2, 0.25) is 11.8 Å². The van der Waals surface area contributed by atoms with Gasteiger partial charge in [0.25, 0.3) is 5.89 Å². The first-order valence-corrected chi connectivity index (χ1v) is 8.83. The number of benzene rings is 2. The van der Waals surface area contributed by atoms with Crippen molar-refractivity contribution in [2.45, 2.75) is 13.5 Å². The minimum Gasteiger partial charge on any atom is -0.420 e. The van der Waals surface area contributed by atoms with E-state index in [9.17, 15) is 4.79 Å². The van der Waals surface area contributed by atoms with Crippen LogP contribution in [0.25, 0.3) is 22.5 Å². The molecule has 0 radical (unpaired) electrons. The predicted molar refractivity (Wildman–Crippen MR) is 103 cm³/mol. The quantitative estimate of drug-likeness (QED) is 0.540. The highest BCUT2D eigenvalue weighted by Crippen LogP contribution is 2.27. The van der Waals surface area contributed by atoms with Crippen LogP contribution in [0.2, 0.25) is 0 Å². The number of aromatic nitrogens is 3. The summed E-state index contributed by atoms with van der Waals surface area (Å²) in [5.41, 5.74) is 2.40. The lowest BCUT2D eigenvalue weighted by molar-refractivity contribution is -0.116. The van der Waals surface area contributed by atoms with Gasteiger partial charge in [-0.1, -0.05) is 34.1 Å². The molecule has 0 bridgehead atoms. The number of carbonyl (C=O) groups excluding carboxylic acids is 1. The Balaban J connectivity index is 1.68. The highest BCUT2D eigenvalue weighted by Gasteiger charge is 2.17. The minimum atomic E-state index is -0.133. The molecule has 1 amide bonds. The Bertz CT molecular complexity index is 1080. The lowest BCUT2D eigenvalue weighted by Crippen LogP contribution is -2.19. The van der Waals surface area contributed by atoms with E-state index >= 15 is 0 Å². The van der Waals surface area contributed by atoms with Gasteiger partial charge in [-0.15, -0.1) is 10.2 Å². The molecule has 4 aromatic rings. The normalized spacial score (nSPS) is 11.0. The average Bonchev–Trinajstić information content (AvgIpc) is 3.21. The van der Waals surface area contributed by atoms with Crippen molar-refractivity contribution in [3.63, 3.8) is 0 Å². The fraction of sp³-hybridized carbons (Fsp3) is 0.105. The molecule has 0 fully saturated rings. The summed E-state index contributed by atoms with van der Waals surface area (Å²) in [5, 5.41) is 11.9. The molecule has 0 unspecified atom stereocenters. The second kappa shape index (κ2) is 6.76. The van der Waals surface area contributed by atoms with Gasteiger partial charge in [-0.2, -0.15) is 0 Å². The Labute approximate surface area is 158 Å². The lowest BCUT2D eigenvalue weighted by Gasteiger charge is -2.10. The van der Waals surface area contributed by atoms with E-state index in [0.717, 1.165) is 26.8 Å². The number of anilines is 1. The maximum atomic E-state index is 12.6. The molecule has 4 rings (SSSR count). The van der Waals surface area contributed by atoms with Crippen molar-refractivity contribution in [3.05, 3.63) is 65.0 Å². The van der Waals surface area contributed by atoms with E-state index in [1.54, 1.807) is 6.92 Å². The zero-order valence-corrected chi connectivity index (χ0v) is 15.5. The zero-order chi connectivity index (χ0) is 18.1. The van der Waals surface area contributed by atoms with Crippen molar-refractivity contribution in [2.24, 2.45) is 0 Å². The molecule has 0 spiro atoms. The molecule has 0 aliphatic rings. The SMILES string of the molecule is Cc1nnc(-c2cc3ccccc3n2CC(=O)Nc2ccc(Br)cc2)o1. The Hall–Kier alpha value is -2.93. The van der Waals surface area contributed by atoms with E-state index in [-0.39, 0.29) is 12.5 Å². The van der Waals surface area contributed by atoms with Crippen LogP contribution in [0, 0.1) is 6.92 Å². The molecule has 130 valence electrons. The molecule has 0 saturated heterocycles. The number of amides is 1. The fourth-order valence-corrected chi connectivity index (χ4v) is 3.10. The number of carbonyl (C=O) groups is 1. The van der Waals surface area contributed by atoms with Crippen LogP contribution in [0.4, 0.5) is 5.69 Å². The standard InChI is InChI=1S/C19H15BrN4O2/c1-12-22-23-19(26-12)17-10-13-4-2-3-5-16(13)24(17)11-18(25)21-15-8-6-14(20)7-9-15/h2-10H,11H2,1H3,(H,21,25). The molecule has 2 aromatic carbocycles. The highest BCUT2D eigenvalue weighted by molar-refractivity contribution is 9.10. The third-order valence-electron chi connectivity index (χ3n) is 3.99. The van der Waals surface area contributed by atoms with Crippen LogP contribution in [-0.2, 0) is 11.3 Å². The average molecular weight is 411 g/mol. The van der Waals surface area contributed by atoms with Crippen molar-refractivity contribution in [1.82, 2.24) is 14.8 Å². The first kappa shape index (κ1) is 16.5. The molecule has 2 heterocycles. The van der Waals surface area contributed by atoms with Crippen molar-refractivity contribution in [1.29, 1.82) is 0 Å². The monoisotopic (exact) mass is 410 g/mol. The lowest BCUT2D eigenvalue weighted by atomic mass is 10.2. The molecule has 2 aromatic heterocycles. The third-order valence-corrected chi connectivity index (χ3v) is 4.51. The second-order valence-corrected chi connectivity index (χ2v) is 6.77. The van der Waals surface area contributed by atoms with Gasteiger partial charge in [0, 0.05) is 28.0 Å². The molecule has 0 atom stereocenters. The van der Waals surface area contributed by atoms with Gasteiger partial charge in [-0.05, 0) is 36.4 Å². The molecule has 0 saturated carbocycles. The second-order valence-electron chi connectivity index (χ2n) is 5.86. The van der Waals surface area contributed by atoms with Crippen LogP contribution in [0.1, 0.15) is 5.89 Å². The summed E-state index contributed by atoms with van der Waals surface area (Å²) in [7, 11) is 0. The van der Waals surface area contributed by atoms with E-state index < -0.39 is 0 Å². The molecule has 26 heavy (non-hydrogen) atoms. The largest absolute Gasteiger partial charge is 0.420 e. The smallest absolute Gasteiger partial charge is 0.264 e. The van der Waals surface area contributed by atoms with Crippen molar-refractivity contribution in [2.75, 3.05) is 5.32 Å². The molecular formula is C19H15BrN4O2. The molecule has 6 nitrogen and oxygen atoms in total. The molecular weight excluding hydrogens is 396 g/mol. The van der Waals surface area contributed by atoms with E-state index in [0.29, 0.717) is 11.8 Å². The van der Waals surface area contributed by atoms with Gasteiger partial charge in [0.15, 0.2) is 0 Å². The topological polar surface area (TPSA) is 73.0 Å². The summed E-state index contributed by atoms with van der Waals surface area (Å²) < 4.78 is 8.42. The maximum Gasteiger partial charge on any atom is 0.264 e. The molecule has 0 aliphatic carbocycles. The Kier molecular flexibility index (Phi) is 4.30. The van der Waals surface area contributed by atoms with E-state index in [2.05, 4.69) is 31.4 Å². The van der Waals surface area contributed by atoms with Crippen LogP contribution >= 0.6 is 15.9 Å². The molecule has 0 aliphatic heterocycles. The number of halogens is 1. The van der Waals surface area contributed by atoms with Gasteiger partial charge in [-0.25, -0.2) is 0 Å². The van der Waals surface area contributed by atoms with Crippen LogP contribution in [0.5, 0.6) is 0 Å². The zero-order valence-electron chi connectivity index (χ0n) is 13.9. The molecule has 7 heteroatoms. The van der Waals surface area contributed by atoms with Gasteiger partial charge < -0.3 is 14.3 Å². The van der Waals surface area contributed by atoms with Crippen LogP contribution in [0.15, 0.2) is 63.5 Å². The Morgan fingerprint density at radius 2 is 1.92 bits per heavy atom. The predicted octanol–water partition coefficient (Wildman–Crippen LogP) is 4.40. The highest BCUT2D eigenvalue weighted by atomic mass is 79.9. The number of para-hydroxylation sites is 1. The van der Waals surface area contributed by atoms with Crippen LogP contribution in [0.3, 0.4) is 0 Å². The van der Waals surface area contributed by atoms with Crippen molar-refractivity contribution in [3.8, 4) is 11.6 Å². The first-order chi connectivity index (χ1) is 12.6.